The van der Waals surface area contributed by atoms with E-state index in [4.69, 9.17) is 5.11 Å². The van der Waals surface area contributed by atoms with E-state index in [2.05, 4.69) is 24.5 Å². The number of amides is 2. The van der Waals surface area contributed by atoms with E-state index in [0.29, 0.717) is 24.8 Å². The van der Waals surface area contributed by atoms with Crippen molar-refractivity contribution in [2.45, 2.75) is 64.8 Å². The topological polar surface area (TPSA) is 78.4 Å². The van der Waals surface area contributed by atoms with E-state index >= 15 is 0 Å². The van der Waals surface area contributed by atoms with Gasteiger partial charge in [-0.2, -0.15) is 0 Å². The van der Waals surface area contributed by atoms with Crippen molar-refractivity contribution in [3.05, 3.63) is 0 Å². The van der Waals surface area contributed by atoms with E-state index in [1.165, 1.54) is 0 Å². The normalized spacial score (nSPS) is 18.8. The first kappa shape index (κ1) is 15.8. The summed E-state index contributed by atoms with van der Waals surface area (Å²) in [6.45, 7) is 5.08. The van der Waals surface area contributed by atoms with Gasteiger partial charge in [0.2, 0.25) is 0 Å². The molecule has 3 N–H and O–H groups in total. The minimum absolute atomic E-state index is 0.125. The maximum Gasteiger partial charge on any atom is 0.315 e. The van der Waals surface area contributed by atoms with Gasteiger partial charge in [-0.3, -0.25) is 4.79 Å². The molecule has 2 amide bonds. The molecule has 19 heavy (non-hydrogen) atoms. The molecule has 0 spiro atoms. The summed E-state index contributed by atoms with van der Waals surface area (Å²) >= 11 is 0. The van der Waals surface area contributed by atoms with Crippen LogP contribution in [0.25, 0.3) is 0 Å². The fourth-order valence-corrected chi connectivity index (χ4v) is 2.38. The molecule has 5 nitrogen and oxygen atoms in total. The van der Waals surface area contributed by atoms with Crippen LogP contribution in [0.3, 0.4) is 0 Å². The van der Waals surface area contributed by atoms with Crippen LogP contribution in [0.5, 0.6) is 0 Å². The molecule has 1 fully saturated rings. The van der Waals surface area contributed by atoms with Crippen LogP contribution in [0.4, 0.5) is 4.79 Å². The number of hydrogen-bond donors (Lipinski definition) is 3. The molecule has 1 aliphatic carbocycles. The fourth-order valence-electron chi connectivity index (χ4n) is 2.38. The Labute approximate surface area is 115 Å². The molecule has 1 saturated carbocycles. The van der Waals surface area contributed by atoms with Gasteiger partial charge in [0.1, 0.15) is 0 Å². The highest BCUT2D eigenvalue weighted by Crippen LogP contribution is 2.34. The smallest absolute Gasteiger partial charge is 0.315 e. The Kier molecular flexibility index (Phi) is 6.12. The molecule has 0 saturated heterocycles. The van der Waals surface area contributed by atoms with Crippen molar-refractivity contribution in [2.75, 3.05) is 6.54 Å². The average molecular weight is 270 g/mol. The Balaban J connectivity index is 2.06. The van der Waals surface area contributed by atoms with Gasteiger partial charge in [-0.1, -0.05) is 13.8 Å². The molecule has 5 heteroatoms. The van der Waals surface area contributed by atoms with Gasteiger partial charge < -0.3 is 15.7 Å². The van der Waals surface area contributed by atoms with E-state index in [-0.39, 0.29) is 18.5 Å². The number of carboxylic acid groups (broad SMARTS) is 1. The fraction of sp³-hybridized carbons (Fsp3) is 0.857. The molecule has 0 radical (unpaired) electrons. The Bertz CT molecular complexity index is 306. The van der Waals surface area contributed by atoms with Gasteiger partial charge in [0, 0.05) is 19.0 Å². The first-order chi connectivity index (χ1) is 8.89. The summed E-state index contributed by atoms with van der Waals surface area (Å²) in [4.78, 5) is 21.9. The van der Waals surface area contributed by atoms with Crippen molar-refractivity contribution in [1.29, 1.82) is 0 Å². The van der Waals surface area contributed by atoms with E-state index < -0.39 is 5.97 Å². The first-order valence-electron chi connectivity index (χ1n) is 7.15. The predicted octanol–water partition coefficient (Wildman–Crippen LogP) is 2.51. The highest BCUT2D eigenvalue weighted by atomic mass is 16.4. The molecular weight excluding hydrogens is 244 g/mol. The number of hydrogen-bond acceptors (Lipinski definition) is 2. The third-order valence-electron chi connectivity index (χ3n) is 3.78. The molecule has 0 unspecified atom stereocenters. The number of carbonyl (C=O) groups excluding carboxylic acids is 1. The van der Waals surface area contributed by atoms with Crippen LogP contribution in [0.15, 0.2) is 0 Å². The number of rotatable bonds is 6. The van der Waals surface area contributed by atoms with E-state index in [9.17, 15) is 9.59 Å². The molecule has 0 bridgehead atoms. The van der Waals surface area contributed by atoms with E-state index in [0.717, 1.165) is 25.7 Å². The van der Waals surface area contributed by atoms with Crippen molar-refractivity contribution < 1.29 is 14.7 Å². The predicted molar refractivity (Wildman–Crippen MR) is 74.1 cm³/mol. The number of unbranched alkanes of at least 4 members (excludes halogenated alkanes) is 1. The van der Waals surface area contributed by atoms with Crippen LogP contribution >= 0.6 is 0 Å². The average Bonchev–Trinajstić information content (AvgIpc) is 2.31. The summed E-state index contributed by atoms with van der Waals surface area (Å²) < 4.78 is 0. The summed E-state index contributed by atoms with van der Waals surface area (Å²) in [6, 6.07) is 0.159. The zero-order valence-corrected chi connectivity index (χ0v) is 12.0. The summed E-state index contributed by atoms with van der Waals surface area (Å²) in [7, 11) is 0. The summed E-state index contributed by atoms with van der Waals surface area (Å²) in [5.41, 5.74) is 0.408. The van der Waals surface area contributed by atoms with Crippen LogP contribution in [0.1, 0.15) is 58.8 Å². The van der Waals surface area contributed by atoms with Gasteiger partial charge in [-0.25, -0.2) is 4.79 Å². The minimum Gasteiger partial charge on any atom is -0.481 e. The number of urea groups is 1. The van der Waals surface area contributed by atoms with Gasteiger partial charge in [0.05, 0.1) is 0 Å². The number of carbonyl (C=O) groups is 2. The SMILES string of the molecule is CC1(C)CCC(NC(=O)NCCCCC(=O)O)CC1. The number of carboxylic acids is 1. The van der Waals surface area contributed by atoms with Gasteiger partial charge in [-0.15, -0.1) is 0 Å². The van der Waals surface area contributed by atoms with Crippen LogP contribution in [0.2, 0.25) is 0 Å². The van der Waals surface area contributed by atoms with Crippen LogP contribution in [0, 0.1) is 5.41 Å². The van der Waals surface area contributed by atoms with Crippen molar-refractivity contribution in [1.82, 2.24) is 10.6 Å². The van der Waals surface area contributed by atoms with Crippen LogP contribution < -0.4 is 10.6 Å². The van der Waals surface area contributed by atoms with E-state index in [1.807, 2.05) is 0 Å². The molecule has 0 aromatic rings. The number of aliphatic carboxylic acids is 1. The van der Waals surface area contributed by atoms with Crippen LogP contribution in [-0.4, -0.2) is 29.7 Å². The molecule has 0 aromatic carbocycles. The number of nitrogens with one attached hydrogen (secondary N) is 2. The van der Waals surface area contributed by atoms with Gasteiger partial charge in [-0.05, 0) is 43.9 Å². The van der Waals surface area contributed by atoms with Crippen LogP contribution in [-0.2, 0) is 4.79 Å². The lowest BCUT2D eigenvalue weighted by Gasteiger charge is -2.34. The van der Waals surface area contributed by atoms with Crippen molar-refractivity contribution >= 4 is 12.0 Å². The largest absolute Gasteiger partial charge is 0.481 e. The molecule has 1 rings (SSSR count). The summed E-state index contributed by atoms with van der Waals surface area (Å²) in [5, 5.41) is 14.3. The summed E-state index contributed by atoms with van der Waals surface area (Å²) in [5.74, 6) is -0.783. The Morgan fingerprint density at radius 1 is 1.21 bits per heavy atom. The molecule has 1 aliphatic rings. The molecule has 0 atom stereocenters. The lowest BCUT2D eigenvalue weighted by Crippen LogP contribution is -2.44. The van der Waals surface area contributed by atoms with Gasteiger partial charge in [0.15, 0.2) is 0 Å². The van der Waals surface area contributed by atoms with Crippen molar-refractivity contribution in [2.24, 2.45) is 5.41 Å². The molecule has 0 aliphatic heterocycles. The Morgan fingerprint density at radius 3 is 2.42 bits per heavy atom. The lowest BCUT2D eigenvalue weighted by atomic mass is 9.76. The minimum atomic E-state index is -0.783. The Hall–Kier alpha value is -1.26. The Morgan fingerprint density at radius 2 is 1.84 bits per heavy atom. The third-order valence-corrected chi connectivity index (χ3v) is 3.78. The first-order valence-corrected chi connectivity index (χ1v) is 7.15. The molecular formula is C14H26N2O3. The molecule has 0 aromatic heterocycles. The second kappa shape index (κ2) is 7.36. The zero-order chi connectivity index (χ0) is 14.3. The second-order valence-corrected chi connectivity index (χ2v) is 6.19. The highest BCUT2D eigenvalue weighted by molar-refractivity contribution is 5.74. The second-order valence-electron chi connectivity index (χ2n) is 6.19. The maximum absolute atomic E-state index is 11.6. The highest BCUT2D eigenvalue weighted by Gasteiger charge is 2.27. The van der Waals surface area contributed by atoms with Crippen molar-refractivity contribution in [3.63, 3.8) is 0 Å². The summed E-state index contributed by atoms with van der Waals surface area (Å²) in [6.07, 6.45) is 5.86. The van der Waals surface area contributed by atoms with Crippen molar-refractivity contribution in [3.8, 4) is 0 Å². The quantitative estimate of drug-likeness (QED) is 0.649. The monoisotopic (exact) mass is 270 g/mol. The standard InChI is InChI=1S/C14H26N2O3/c1-14(2)8-6-11(7-9-14)16-13(19)15-10-4-3-5-12(17)18/h11H,3-10H2,1-2H3,(H,17,18)(H2,15,16,19). The third kappa shape index (κ3) is 7.03. The zero-order valence-electron chi connectivity index (χ0n) is 12.0. The lowest BCUT2D eigenvalue weighted by molar-refractivity contribution is -0.137. The van der Waals surface area contributed by atoms with E-state index in [1.54, 1.807) is 0 Å². The van der Waals surface area contributed by atoms with Gasteiger partial charge in [0.25, 0.3) is 0 Å². The maximum atomic E-state index is 11.6. The molecule has 110 valence electrons. The molecule has 0 heterocycles. The van der Waals surface area contributed by atoms with Gasteiger partial charge >= 0.3 is 12.0 Å².